The largest absolute Gasteiger partial charge is 0.364 e. The summed E-state index contributed by atoms with van der Waals surface area (Å²) in [6, 6.07) is 11.8. The minimum atomic E-state index is 0.490. The lowest BCUT2D eigenvalue weighted by Gasteiger charge is -2.35. The van der Waals surface area contributed by atoms with Crippen molar-refractivity contribution in [2.75, 3.05) is 18.0 Å². The molecule has 0 amide bonds. The van der Waals surface area contributed by atoms with E-state index in [1.165, 1.54) is 29.7 Å². The Morgan fingerprint density at radius 1 is 1.24 bits per heavy atom. The lowest BCUT2D eigenvalue weighted by molar-refractivity contribution is 0.632. The Morgan fingerprint density at radius 3 is 2.81 bits per heavy atom. The van der Waals surface area contributed by atoms with E-state index in [9.17, 15) is 0 Å². The molecule has 1 aromatic carbocycles. The zero-order chi connectivity index (χ0) is 14.7. The third-order valence-corrected chi connectivity index (χ3v) is 5.30. The Bertz CT molecular complexity index is 573. The number of fused-ring (bicyclic) bond motifs is 1. The van der Waals surface area contributed by atoms with Gasteiger partial charge in [-0.1, -0.05) is 19.1 Å². The molecule has 3 rings (SSSR count). The van der Waals surface area contributed by atoms with E-state index in [0.717, 1.165) is 19.6 Å². The smallest absolute Gasteiger partial charge is 0.0525 e. The lowest BCUT2D eigenvalue weighted by Crippen LogP contribution is -2.33. The Labute approximate surface area is 131 Å². The molecule has 0 saturated carbocycles. The standard InChI is InChI=1S/C18H24N2S/c1-3-10-19-13-15-4-6-16(7-5-15)20-11-8-18-17(14(20)2)9-12-21-18/h4-7,9,12,14,19H,3,8,10-11,13H2,1-2H3. The van der Waals surface area contributed by atoms with Crippen LogP contribution in [0.5, 0.6) is 0 Å². The first-order valence-corrected chi connectivity index (χ1v) is 8.80. The Morgan fingerprint density at radius 2 is 2.05 bits per heavy atom. The van der Waals surface area contributed by atoms with Crippen LogP contribution in [0.15, 0.2) is 35.7 Å². The maximum Gasteiger partial charge on any atom is 0.0525 e. The maximum absolute atomic E-state index is 3.46. The van der Waals surface area contributed by atoms with Gasteiger partial charge in [-0.05, 0) is 61.0 Å². The molecule has 0 aliphatic carbocycles. The topological polar surface area (TPSA) is 15.3 Å². The third-order valence-electron chi connectivity index (χ3n) is 4.30. The van der Waals surface area contributed by atoms with Gasteiger partial charge in [-0.25, -0.2) is 0 Å². The summed E-state index contributed by atoms with van der Waals surface area (Å²) in [6.45, 7) is 7.71. The van der Waals surface area contributed by atoms with Crippen molar-refractivity contribution in [1.82, 2.24) is 5.32 Å². The maximum atomic E-state index is 3.46. The number of nitrogens with zero attached hydrogens (tertiary/aromatic N) is 1. The van der Waals surface area contributed by atoms with Gasteiger partial charge in [0.05, 0.1) is 6.04 Å². The van der Waals surface area contributed by atoms with Gasteiger partial charge in [-0.3, -0.25) is 0 Å². The fourth-order valence-corrected chi connectivity index (χ4v) is 4.04. The van der Waals surface area contributed by atoms with E-state index in [2.05, 4.69) is 59.8 Å². The third kappa shape index (κ3) is 3.14. The van der Waals surface area contributed by atoms with Gasteiger partial charge in [-0.15, -0.1) is 11.3 Å². The number of benzene rings is 1. The normalized spacial score (nSPS) is 17.8. The van der Waals surface area contributed by atoms with Crippen LogP contribution in [0, 0.1) is 0 Å². The van der Waals surface area contributed by atoms with E-state index in [0.29, 0.717) is 6.04 Å². The summed E-state index contributed by atoms with van der Waals surface area (Å²) in [5.41, 5.74) is 4.23. The summed E-state index contributed by atoms with van der Waals surface area (Å²) >= 11 is 1.91. The predicted molar refractivity (Wildman–Crippen MR) is 92.2 cm³/mol. The molecule has 1 aliphatic heterocycles. The molecule has 0 bridgehead atoms. The van der Waals surface area contributed by atoms with Gasteiger partial charge < -0.3 is 10.2 Å². The molecule has 2 nitrogen and oxygen atoms in total. The SMILES string of the molecule is CCCNCc1ccc(N2CCc3sccc3C2C)cc1. The van der Waals surface area contributed by atoms with E-state index < -0.39 is 0 Å². The number of nitrogens with one attached hydrogen (secondary N) is 1. The predicted octanol–water partition coefficient (Wildman–Crippen LogP) is 4.37. The zero-order valence-electron chi connectivity index (χ0n) is 12.9. The van der Waals surface area contributed by atoms with Crippen LogP contribution in [0.3, 0.4) is 0 Å². The van der Waals surface area contributed by atoms with E-state index in [1.807, 2.05) is 11.3 Å². The lowest BCUT2D eigenvalue weighted by atomic mass is 10.0. The van der Waals surface area contributed by atoms with E-state index >= 15 is 0 Å². The number of hydrogen-bond donors (Lipinski definition) is 1. The molecule has 2 heterocycles. The molecule has 1 atom stereocenters. The minimum absolute atomic E-state index is 0.490. The highest BCUT2D eigenvalue weighted by Gasteiger charge is 2.24. The molecule has 3 heteroatoms. The summed E-state index contributed by atoms with van der Waals surface area (Å²) in [5.74, 6) is 0. The number of anilines is 1. The molecule has 1 aliphatic rings. The van der Waals surface area contributed by atoms with Gasteiger partial charge in [0, 0.05) is 23.7 Å². The van der Waals surface area contributed by atoms with Crippen molar-refractivity contribution in [2.24, 2.45) is 0 Å². The van der Waals surface area contributed by atoms with Crippen molar-refractivity contribution in [3.63, 3.8) is 0 Å². The average molecular weight is 300 g/mol. The molecular formula is C18H24N2S. The van der Waals surface area contributed by atoms with Crippen LogP contribution in [0.25, 0.3) is 0 Å². The van der Waals surface area contributed by atoms with Crippen molar-refractivity contribution in [3.05, 3.63) is 51.7 Å². The average Bonchev–Trinajstić information content (AvgIpc) is 2.98. The van der Waals surface area contributed by atoms with Crippen molar-refractivity contribution in [1.29, 1.82) is 0 Å². The monoisotopic (exact) mass is 300 g/mol. The summed E-state index contributed by atoms with van der Waals surface area (Å²) in [6.07, 6.45) is 2.36. The van der Waals surface area contributed by atoms with Crippen LogP contribution in [0.1, 0.15) is 42.3 Å². The molecule has 1 aromatic heterocycles. The molecule has 0 saturated heterocycles. The first kappa shape index (κ1) is 14.6. The van der Waals surface area contributed by atoms with E-state index in [1.54, 1.807) is 4.88 Å². The molecule has 21 heavy (non-hydrogen) atoms. The molecule has 1 unspecified atom stereocenters. The molecular weight excluding hydrogens is 276 g/mol. The Kier molecular flexibility index (Phi) is 4.61. The van der Waals surface area contributed by atoms with Crippen molar-refractivity contribution in [2.45, 2.75) is 39.3 Å². The highest BCUT2D eigenvalue weighted by atomic mass is 32.1. The van der Waals surface area contributed by atoms with Crippen LogP contribution in [-0.4, -0.2) is 13.1 Å². The van der Waals surface area contributed by atoms with Crippen LogP contribution >= 0.6 is 11.3 Å². The highest BCUT2D eigenvalue weighted by Crippen LogP contribution is 2.35. The van der Waals surface area contributed by atoms with Gasteiger partial charge in [0.2, 0.25) is 0 Å². The summed E-state index contributed by atoms with van der Waals surface area (Å²) in [5, 5.41) is 5.69. The molecule has 0 spiro atoms. The second-order valence-electron chi connectivity index (χ2n) is 5.76. The van der Waals surface area contributed by atoms with Gasteiger partial charge in [0.15, 0.2) is 0 Å². The first-order valence-electron chi connectivity index (χ1n) is 7.92. The van der Waals surface area contributed by atoms with E-state index in [-0.39, 0.29) is 0 Å². The molecule has 112 valence electrons. The highest BCUT2D eigenvalue weighted by molar-refractivity contribution is 7.10. The number of rotatable bonds is 5. The van der Waals surface area contributed by atoms with Crippen LogP contribution in [0.4, 0.5) is 5.69 Å². The second-order valence-corrected chi connectivity index (χ2v) is 6.76. The second kappa shape index (κ2) is 6.63. The summed E-state index contributed by atoms with van der Waals surface area (Å²) in [7, 11) is 0. The number of thiophene rings is 1. The quantitative estimate of drug-likeness (QED) is 0.825. The van der Waals surface area contributed by atoms with Crippen molar-refractivity contribution < 1.29 is 0 Å². The van der Waals surface area contributed by atoms with Crippen LogP contribution in [0.2, 0.25) is 0 Å². The minimum Gasteiger partial charge on any atom is -0.364 e. The zero-order valence-corrected chi connectivity index (χ0v) is 13.7. The van der Waals surface area contributed by atoms with Crippen LogP contribution in [-0.2, 0) is 13.0 Å². The summed E-state index contributed by atoms with van der Waals surface area (Å²) in [4.78, 5) is 4.09. The molecule has 1 N–H and O–H groups in total. The van der Waals surface area contributed by atoms with E-state index in [4.69, 9.17) is 0 Å². The first-order chi connectivity index (χ1) is 10.3. The Hall–Kier alpha value is -1.32. The summed E-state index contributed by atoms with van der Waals surface area (Å²) < 4.78 is 0. The fraction of sp³-hybridized carbons (Fsp3) is 0.444. The number of hydrogen-bond acceptors (Lipinski definition) is 3. The molecule has 2 aromatic rings. The van der Waals surface area contributed by atoms with Crippen molar-refractivity contribution >= 4 is 17.0 Å². The molecule has 0 fully saturated rings. The van der Waals surface area contributed by atoms with Gasteiger partial charge in [-0.2, -0.15) is 0 Å². The van der Waals surface area contributed by atoms with Gasteiger partial charge in [0.1, 0.15) is 0 Å². The van der Waals surface area contributed by atoms with Gasteiger partial charge in [0.25, 0.3) is 0 Å². The van der Waals surface area contributed by atoms with Crippen LogP contribution < -0.4 is 10.2 Å². The van der Waals surface area contributed by atoms with Crippen molar-refractivity contribution in [3.8, 4) is 0 Å². The van der Waals surface area contributed by atoms with Gasteiger partial charge >= 0.3 is 0 Å². The fourth-order valence-electron chi connectivity index (χ4n) is 3.08. The Balaban J connectivity index is 1.70. The molecule has 0 radical (unpaired) electrons.